The summed E-state index contributed by atoms with van der Waals surface area (Å²) in [5, 5.41) is 3.35. The molecule has 0 bridgehead atoms. The van der Waals surface area contributed by atoms with Gasteiger partial charge in [0, 0.05) is 20.2 Å². The largest absolute Gasteiger partial charge is 0.383 e. The van der Waals surface area contributed by atoms with E-state index < -0.39 is 0 Å². The highest BCUT2D eigenvalue weighted by atomic mass is 127. The summed E-state index contributed by atoms with van der Waals surface area (Å²) < 4.78 is 2.43. The maximum atomic E-state index is 3.35. The minimum Gasteiger partial charge on any atom is -0.383 e. The van der Waals surface area contributed by atoms with Gasteiger partial charge in [-0.3, -0.25) is 0 Å². The topological polar surface area (TPSA) is 12.0 Å². The number of benzene rings is 1. The summed E-state index contributed by atoms with van der Waals surface area (Å²) in [6, 6.07) is 8.32. The van der Waals surface area contributed by atoms with Crippen LogP contribution in [0.15, 0.2) is 24.3 Å². The Labute approximate surface area is 94.2 Å². The minimum absolute atomic E-state index is 1.04. The van der Waals surface area contributed by atoms with E-state index in [1.807, 2.05) is 0 Å². The van der Waals surface area contributed by atoms with Crippen LogP contribution in [0, 0.1) is 3.57 Å². The van der Waals surface area contributed by atoms with Crippen LogP contribution in [0.3, 0.4) is 0 Å². The molecule has 0 atom stereocenters. The fraction of sp³-hybridized carbons (Fsp3) is 0.250. The van der Waals surface area contributed by atoms with Gasteiger partial charge in [0.05, 0.1) is 0 Å². The number of anilines is 1. The molecule has 3 heteroatoms. The number of hydrogen-bond acceptors (Lipinski definition) is 1. The Hall–Kier alpha value is 0.480. The summed E-state index contributed by atoms with van der Waals surface area (Å²) in [7, 11) is 0. The van der Waals surface area contributed by atoms with Gasteiger partial charge in [-0.2, -0.15) is 0 Å². The lowest BCUT2D eigenvalue weighted by atomic mass is 10.3. The lowest BCUT2D eigenvalue weighted by Gasteiger charge is -2.05. The summed E-state index contributed by atoms with van der Waals surface area (Å²) in [5.41, 5.74) is 1.24. The molecule has 60 valence electrons. The molecule has 0 unspecified atom stereocenters. The van der Waals surface area contributed by atoms with Crippen LogP contribution in [-0.2, 0) is 0 Å². The van der Waals surface area contributed by atoms with Gasteiger partial charge < -0.3 is 5.32 Å². The van der Waals surface area contributed by atoms with E-state index in [2.05, 4.69) is 74.8 Å². The van der Waals surface area contributed by atoms with Crippen molar-refractivity contribution in [2.75, 3.05) is 16.3 Å². The Bertz CT molecular complexity index is 225. The van der Waals surface area contributed by atoms with Gasteiger partial charge >= 0.3 is 0 Å². The van der Waals surface area contributed by atoms with Gasteiger partial charge in [-0.05, 0) is 34.7 Å². The molecular formula is C8H9I2N. The molecule has 1 N–H and O–H groups in total. The van der Waals surface area contributed by atoms with Crippen molar-refractivity contribution in [3.8, 4) is 0 Å². The Morgan fingerprint density at radius 1 is 1.27 bits per heavy atom. The van der Waals surface area contributed by atoms with Gasteiger partial charge in [-0.1, -0.05) is 34.7 Å². The third kappa shape index (κ3) is 3.14. The quantitative estimate of drug-likeness (QED) is 0.635. The van der Waals surface area contributed by atoms with Crippen LogP contribution >= 0.6 is 45.2 Å². The van der Waals surface area contributed by atoms with Crippen molar-refractivity contribution in [2.45, 2.75) is 0 Å². The predicted molar refractivity (Wildman–Crippen MR) is 66.5 cm³/mol. The molecule has 0 saturated heterocycles. The summed E-state index contributed by atoms with van der Waals surface area (Å²) >= 11 is 4.70. The summed E-state index contributed by atoms with van der Waals surface area (Å²) in [4.78, 5) is 0. The molecular weight excluding hydrogens is 364 g/mol. The van der Waals surface area contributed by atoms with Gasteiger partial charge in [0.1, 0.15) is 0 Å². The summed E-state index contributed by atoms with van der Waals surface area (Å²) in [6.07, 6.45) is 0. The highest BCUT2D eigenvalue weighted by Crippen LogP contribution is 2.16. The molecule has 0 amide bonds. The molecule has 0 radical (unpaired) electrons. The maximum Gasteiger partial charge on any atom is 0.0476 e. The van der Waals surface area contributed by atoms with Gasteiger partial charge in [0.15, 0.2) is 0 Å². The first-order valence-electron chi connectivity index (χ1n) is 3.39. The SMILES string of the molecule is ICCNc1ccccc1I. The second-order valence-corrected chi connectivity index (χ2v) is 4.34. The molecule has 0 heterocycles. The highest BCUT2D eigenvalue weighted by molar-refractivity contribution is 14.1. The molecule has 1 aromatic rings. The fourth-order valence-electron chi connectivity index (χ4n) is 0.786. The Kier molecular flexibility index (Phi) is 4.51. The normalized spacial score (nSPS) is 9.64. The number of alkyl halides is 1. The third-order valence-corrected chi connectivity index (χ3v) is 2.76. The average molecular weight is 373 g/mol. The van der Waals surface area contributed by atoms with Crippen LogP contribution in [0.4, 0.5) is 5.69 Å². The second-order valence-electron chi connectivity index (χ2n) is 2.10. The molecule has 0 saturated carbocycles. The Morgan fingerprint density at radius 2 is 2.00 bits per heavy atom. The first-order valence-corrected chi connectivity index (χ1v) is 5.99. The standard InChI is InChI=1S/C8H9I2N/c9-5-6-11-8-4-2-1-3-7(8)10/h1-4,11H,5-6H2. The molecule has 0 aliphatic carbocycles. The van der Waals surface area contributed by atoms with Gasteiger partial charge in [-0.15, -0.1) is 0 Å². The third-order valence-electron chi connectivity index (χ3n) is 1.28. The van der Waals surface area contributed by atoms with E-state index in [0.717, 1.165) is 11.0 Å². The Balaban J connectivity index is 2.62. The fourth-order valence-corrected chi connectivity index (χ4v) is 1.63. The van der Waals surface area contributed by atoms with Crippen molar-refractivity contribution in [3.63, 3.8) is 0 Å². The molecule has 0 spiro atoms. The second kappa shape index (κ2) is 5.18. The first-order chi connectivity index (χ1) is 5.34. The van der Waals surface area contributed by atoms with Crippen LogP contribution in [0.25, 0.3) is 0 Å². The van der Waals surface area contributed by atoms with Crippen LogP contribution in [-0.4, -0.2) is 11.0 Å². The molecule has 0 aromatic heterocycles. The van der Waals surface area contributed by atoms with E-state index in [1.165, 1.54) is 9.26 Å². The van der Waals surface area contributed by atoms with Crippen molar-refractivity contribution >= 4 is 50.9 Å². The molecule has 1 rings (SSSR count). The zero-order valence-electron chi connectivity index (χ0n) is 5.98. The molecule has 0 aliphatic rings. The number of halogens is 2. The van der Waals surface area contributed by atoms with E-state index >= 15 is 0 Å². The Morgan fingerprint density at radius 3 is 2.64 bits per heavy atom. The first kappa shape index (κ1) is 9.57. The molecule has 0 fully saturated rings. The zero-order valence-corrected chi connectivity index (χ0v) is 10.3. The molecule has 0 aliphatic heterocycles. The van der Waals surface area contributed by atoms with Crippen LogP contribution in [0.5, 0.6) is 0 Å². The maximum absolute atomic E-state index is 3.35. The highest BCUT2D eigenvalue weighted by Gasteiger charge is 1.94. The van der Waals surface area contributed by atoms with E-state index in [0.29, 0.717) is 0 Å². The predicted octanol–water partition coefficient (Wildman–Crippen LogP) is 3.14. The average Bonchev–Trinajstić information content (AvgIpc) is 2.03. The van der Waals surface area contributed by atoms with Gasteiger partial charge in [-0.25, -0.2) is 0 Å². The number of nitrogens with one attached hydrogen (secondary N) is 1. The number of rotatable bonds is 3. The number of para-hydroxylation sites is 1. The molecule has 1 aromatic carbocycles. The van der Waals surface area contributed by atoms with Crippen molar-refractivity contribution in [3.05, 3.63) is 27.8 Å². The lowest BCUT2D eigenvalue weighted by molar-refractivity contribution is 1.24. The van der Waals surface area contributed by atoms with Crippen molar-refractivity contribution in [1.29, 1.82) is 0 Å². The van der Waals surface area contributed by atoms with Crippen molar-refractivity contribution in [2.24, 2.45) is 0 Å². The molecule has 1 nitrogen and oxygen atoms in total. The number of hydrogen-bond donors (Lipinski definition) is 1. The van der Waals surface area contributed by atoms with E-state index in [-0.39, 0.29) is 0 Å². The minimum atomic E-state index is 1.04. The van der Waals surface area contributed by atoms with E-state index in [1.54, 1.807) is 0 Å². The van der Waals surface area contributed by atoms with Gasteiger partial charge in [0.25, 0.3) is 0 Å². The van der Waals surface area contributed by atoms with E-state index in [9.17, 15) is 0 Å². The summed E-state index contributed by atoms with van der Waals surface area (Å²) in [6.45, 7) is 1.04. The molecule has 11 heavy (non-hydrogen) atoms. The van der Waals surface area contributed by atoms with Crippen LogP contribution in [0.2, 0.25) is 0 Å². The summed E-state index contributed by atoms with van der Waals surface area (Å²) in [5.74, 6) is 0. The lowest BCUT2D eigenvalue weighted by Crippen LogP contribution is -2.02. The monoisotopic (exact) mass is 373 g/mol. The van der Waals surface area contributed by atoms with Crippen LogP contribution in [0.1, 0.15) is 0 Å². The van der Waals surface area contributed by atoms with Crippen molar-refractivity contribution in [1.82, 2.24) is 0 Å². The smallest absolute Gasteiger partial charge is 0.0476 e. The van der Waals surface area contributed by atoms with Crippen molar-refractivity contribution < 1.29 is 0 Å². The zero-order chi connectivity index (χ0) is 8.10. The van der Waals surface area contributed by atoms with Crippen LogP contribution < -0.4 is 5.32 Å². The van der Waals surface area contributed by atoms with E-state index in [4.69, 9.17) is 0 Å². The van der Waals surface area contributed by atoms with Gasteiger partial charge in [0.2, 0.25) is 0 Å².